The first-order valence-corrected chi connectivity index (χ1v) is 6.52. The maximum absolute atomic E-state index is 13.3. The second-order valence-corrected chi connectivity index (χ2v) is 5.09. The number of hydrogen-bond donors (Lipinski definition) is 1. The molecule has 0 spiro atoms. The number of hydrogen-bond acceptors (Lipinski definition) is 1. The summed E-state index contributed by atoms with van der Waals surface area (Å²) in [5, 5.41) is 0.0156. The molecule has 0 saturated heterocycles. The quantitative estimate of drug-likeness (QED) is 0.813. The molecule has 0 amide bonds. The minimum Gasteiger partial charge on any atom is -0.324 e. The highest BCUT2D eigenvalue weighted by atomic mass is 35.5. The summed E-state index contributed by atoms with van der Waals surface area (Å²) in [6.07, 6.45) is -4.07. The number of rotatable bonds is 3. The van der Waals surface area contributed by atoms with E-state index in [-0.39, 0.29) is 5.02 Å². The van der Waals surface area contributed by atoms with Gasteiger partial charge in [-0.25, -0.2) is 4.39 Å². The Hall–Kier alpha value is -1.59. The zero-order valence-electron chi connectivity index (χ0n) is 10.8. The molecule has 0 saturated carbocycles. The molecule has 2 rings (SSSR count). The van der Waals surface area contributed by atoms with E-state index in [4.69, 9.17) is 17.3 Å². The van der Waals surface area contributed by atoms with Crippen molar-refractivity contribution in [2.45, 2.75) is 18.6 Å². The molecule has 0 radical (unpaired) electrons. The zero-order chi connectivity index (χ0) is 15.6. The van der Waals surface area contributed by atoms with E-state index in [1.807, 2.05) is 0 Å². The molecule has 1 unspecified atom stereocenters. The third-order valence-corrected chi connectivity index (χ3v) is 3.41. The van der Waals surface area contributed by atoms with Gasteiger partial charge in [0.15, 0.2) is 0 Å². The van der Waals surface area contributed by atoms with Gasteiger partial charge >= 0.3 is 6.18 Å². The number of alkyl halides is 3. The molecule has 0 aliphatic carbocycles. The molecule has 1 nitrogen and oxygen atoms in total. The Morgan fingerprint density at radius 3 is 2.19 bits per heavy atom. The highest BCUT2D eigenvalue weighted by molar-refractivity contribution is 6.30. The van der Waals surface area contributed by atoms with Gasteiger partial charge in [0.25, 0.3) is 0 Å². The van der Waals surface area contributed by atoms with Crippen LogP contribution in [0.1, 0.15) is 22.7 Å². The summed E-state index contributed by atoms with van der Waals surface area (Å²) in [4.78, 5) is 0. The van der Waals surface area contributed by atoms with E-state index >= 15 is 0 Å². The van der Waals surface area contributed by atoms with Crippen LogP contribution in [0, 0.1) is 5.82 Å². The largest absolute Gasteiger partial charge is 0.416 e. The highest BCUT2D eigenvalue weighted by Gasteiger charge is 2.30. The van der Waals surface area contributed by atoms with Gasteiger partial charge in [0, 0.05) is 6.04 Å². The molecule has 2 N–H and O–H groups in total. The van der Waals surface area contributed by atoms with E-state index in [9.17, 15) is 17.6 Å². The van der Waals surface area contributed by atoms with Gasteiger partial charge in [-0.2, -0.15) is 13.2 Å². The van der Waals surface area contributed by atoms with E-state index in [1.54, 1.807) is 6.07 Å². The predicted octanol–water partition coefficient (Wildman–Crippen LogP) is 4.74. The molecule has 2 aromatic carbocycles. The van der Waals surface area contributed by atoms with E-state index in [2.05, 4.69) is 0 Å². The van der Waals surface area contributed by atoms with Crippen molar-refractivity contribution in [3.63, 3.8) is 0 Å². The topological polar surface area (TPSA) is 26.0 Å². The Morgan fingerprint density at radius 2 is 1.67 bits per heavy atom. The van der Waals surface area contributed by atoms with E-state index in [1.165, 1.54) is 24.3 Å². The Kier molecular flexibility index (Phi) is 4.54. The second kappa shape index (κ2) is 6.03. The summed E-state index contributed by atoms with van der Waals surface area (Å²) < 4.78 is 50.7. The number of halogens is 5. The van der Waals surface area contributed by atoms with Crippen LogP contribution in [-0.4, -0.2) is 0 Å². The molecule has 0 aliphatic heterocycles. The summed E-state index contributed by atoms with van der Waals surface area (Å²) in [5.74, 6) is -0.547. The second-order valence-electron chi connectivity index (χ2n) is 4.68. The van der Waals surface area contributed by atoms with Gasteiger partial charge in [-0.05, 0) is 41.8 Å². The fourth-order valence-electron chi connectivity index (χ4n) is 1.96. The summed E-state index contributed by atoms with van der Waals surface area (Å²) in [6.45, 7) is 0. The van der Waals surface area contributed by atoms with Crippen molar-refractivity contribution in [2.24, 2.45) is 5.73 Å². The predicted molar refractivity (Wildman–Crippen MR) is 73.5 cm³/mol. The average molecular weight is 318 g/mol. The first kappa shape index (κ1) is 15.8. The molecule has 0 aliphatic rings. The van der Waals surface area contributed by atoms with Gasteiger partial charge in [-0.3, -0.25) is 0 Å². The Labute approximate surface area is 124 Å². The highest BCUT2D eigenvalue weighted by Crippen LogP contribution is 2.30. The van der Waals surface area contributed by atoms with Gasteiger partial charge in [-0.15, -0.1) is 0 Å². The monoisotopic (exact) mass is 317 g/mol. The van der Waals surface area contributed by atoms with Gasteiger partial charge < -0.3 is 5.73 Å². The smallest absolute Gasteiger partial charge is 0.324 e. The zero-order valence-corrected chi connectivity index (χ0v) is 11.5. The fourth-order valence-corrected chi connectivity index (χ4v) is 2.08. The maximum atomic E-state index is 13.3. The fraction of sp³-hybridized carbons (Fsp3) is 0.200. The van der Waals surface area contributed by atoms with Crippen LogP contribution in [-0.2, 0) is 12.6 Å². The minimum atomic E-state index is -4.37. The lowest BCUT2D eigenvalue weighted by molar-refractivity contribution is -0.137. The Balaban J connectivity index is 2.13. The molecule has 112 valence electrons. The van der Waals surface area contributed by atoms with Crippen molar-refractivity contribution in [1.82, 2.24) is 0 Å². The van der Waals surface area contributed by atoms with Crippen molar-refractivity contribution in [3.8, 4) is 0 Å². The van der Waals surface area contributed by atoms with Crippen LogP contribution in [0.2, 0.25) is 5.02 Å². The van der Waals surface area contributed by atoms with Crippen LogP contribution in [0.25, 0.3) is 0 Å². The summed E-state index contributed by atoms with van der Waals surface area (Å²) >= 11 is 5.58. The van der Waals surface area contributed by atoms with Gasteiger partial charge in [-0.1, -0.05) is 29.8 Å². The number of nitrogens with two attached hydrogens (primary N) is 1. The standard InChI is InChI=1S/C15H12ClF4N/c16-12-6-1-9(7-13(12)17)8-14(21)10-2-4-11(5-3-10)15(18,19)20/h1-7,14H,8,21H2. The maximum Gasteiger partial charge on any atom is 0.416 e. The molecule has 6 heteroatoms. The Bertz CT molecular complexity index is 623. The third-order valence-electron chi connectivity index (χ3n) is 3.11. The lowest BCUT2D eigenvalue weighted by atomic mass is 9.98. The van der Waals surface area contributed by atoms with Crippen LogP contribution in [0.4, 0.5) is 17.6 Å². The van der Waals surface area contributed by atoms with E-state index < -0.39 is 23.6 Å². The summed E-state index contributed by atoms with van der Waals surface area (Å²) in [7, 11) is 0. The van der Waals surface area contributed by atoms with Crippen LogP contribution in [0.5, 0.6) is 0 Å². The molecule has 0 fully saturated rings. The third kappa shape index (κ3) is 3.95. The molecule has 1 atom stereocenters. The lowest BCUT2D eigenvalue weighted by Crippen LogP contribution is -2.14. The van der Waals surface area contributed by atoms with Gasteiger partial charge in [0.05, 0.1) is 10.6 Å². The van der Waals surface area contributed by atoms with E-state index in [0.29, 0.717) is 17.5 Å². The first-order valence-electron chi connectivity index (χ1n) is 6.14. The minimum absolute atomic E-state index is 0.0156. The molecular weight excluding hydrogens is 306 g/mol. The van der Waals surface area contributed by atoms with Crippen LogP contribution in [0.15, 0.2) is 42.5 Å². The normalized spacial score (nSPS) is 13.2. The molecule has 21 heavy (non-hydrogen) atoms. The van der Waals surface area contributed by atoms with Crippen molar-refractivity contribution < 1.29 is 17.6 Å². The summed E-state index contributed by atoms with van der Waals surface area (Å²) in [5.41, 5.74) is 6.39. The summed E-state index contributed by atoms with van der Waals surface area (Å²) in [6, 6.07) is 8.44. The first-order chi connectivity index (χ1) is 9.77. The number of benzene rings is 2. The SMILES string of the molecule is NC(Cc1ccc(Cl)c(F)c1)c1ccc(C(F)(F)F)cc1. The molecule has 2 aromatic rings. The van der Waals surface area contributed by atoms with Crippen LogP contribution >= 0.6 is 11.6 Å². The van der Waals surface area contributed by atoms with Gasteiger partial charge in [0.2, 0.25) is 0 Å². The van der Waals surface area contributed by atoms with Gasteiger partial charge in [0.1, 0.15) is 5.82 Å². The Morgan fingerprint density at radius 1 is 1.05 bits per heavy atom. The van der Waals surface area contributed by atoms with Crippen molar-refractivity contribution in [3.05, 3.63) is 70.0 Å². The van der Waals surface area contributed by atoms with Crippen molar-refractivity contribution in [2.75, 3.05) is 0 Å². The molecule has 0 heterocycles. The van der Waals surface area contributed by atoms with Crippen LogP contribution in [0.3, 0.4) is 0 Å². The van der Waals surface area contributed by atoms with Crippen LogP contribution < -0.4 is 5.73 Å². The van der Waals surface area contributed by atoms with Crippen molar-refractivity contribution in [1.29, 1.82) is 0 Å². The molecular formula is C15H12ClF4N. The average Bonchev–Trinajstić information content (AvgIpc) is 2.42. The lowest BCUT2D eigenvalue weighted by Gasteiger charge is -2.14. The molecule has 0 aromatic heterocycles. The van der Waals surface area contributed by atoms with E-state index in [0.717, 1.165) is 12.1 Å². The van der Waals surface area contributed by atoms with Crippen molar-refractivity contribution >= 4 is 11.6 Å². The molecule has 0 bridgehead atoms.